The Morgan fingerprint density at radius 2 is 2.06 bits per heavy atom. The lowest BCUT2D eigenvalue weighted by Crippen LogP contribution is -2.20. The first-order valence-corrected chi connectivity index (χ1v) is 6.74. The molecule has 0 aliphatic carbocycles. The SMILES string of the molecule is C=CCOc1ccc(Br)c2c1CCN(C)CC2. The van der Waals surface area contributed by atoms with Gasteiger partial charge in [0.05, 0.1) is 0 Å². The van der Waals surface area contributed by atoms with E-state index in [4.69, 9.17) is 4.74 Å². The molecule has 0 saturated heterocycles. The Bertz CT molecular complexity index is 417. The third-order valence-corrected chi connectivity index (χ3v) is 3.92. The van der Waals surface area contributed by atoms with Crippen LogP contribution in [0.4, 0.5) is 0 Å². The summed E-state index contributed by atoms with van der Waals surface area (Å²) in [5, 5.41) is 0. The molecule has 0 unspecified atom stereocenters. The smallest absolute Gasteiger partial charge is 0.123 e. The summed E-state index contributed by atoms with van der Waals surface area (Å²) in [5.41, 5.74) is 2.75. The molecular weight excluding hydrogens is 278 g/mol. The Balaban J connectivity index is 2.33. The molecule has 3 heteroatoms. The Labute approximate surface area is 111 Å². The molecule has 0 amide bonds. The van der Waals surface area contributed by atoms with Crippen LogP contribution in [-0.4, -0.2) is 31.6 Å². The lowest BCUT2D eigenvalue weighted by molar-refractivity contribution is 0.344. The van der Waals surface area contributed by atoms with Crippen molar-refractivity contribution in [1.82, 2.24) is 4.90 Å². The van der Waals surface area contributed by atoms with Gasteiger partial charge >= 0.3 is 0 Å². The number of benzene rings is 1. The molecule has 1 heterocycles. The van der Waals surface area contributed by atoms with Crippen LogP contribution in [0.5, 0.6) is 5.75 Å². The van der Waals surface area contributed by atoms with Gasteiger partial charge in [-0.1, -0.05) is 28.6 Å². The summed E-state index contributed by atoms with van der Waals surface area (Å²) in [5.74, 6) is 1.01. The molecule has 2 nitrogen and oxygen atoms in total. The van der Waals surface area contributed by atoms with Gasteiger partial charge in [0.2, 0.25) is 0 Å². The van der Waals surface area contributed by atoms with Crippen molar-refractivity contribution in [2.24, 2.45) is 0 Å². The molecule has 0 radical (unpaired) electrons. The van der Waals surface area contributed by atoms with Crippen molar-refractivity contribution in [2.75, 3.05) is 26.7 Å². The molecule has 1 aliphatic heterocycles. The zero-order valence-electron chi connectivity index (χ0n) is 10.2. The zero-order valence-corrected chi connectivity index (χ0v) is 11.8. The molecule has 0 saturated carbocycles. The fraction of sp³-hybridized carbons (Fsp3) is 0.429. The van der Waals surface area contributed by atoms with Gasteiger partial charge in [0.25, 0.3) is 0 Å². The summed E-state index contributed by atoms with van der Waals surface area (Å²) < 4.78 is 6.94. The Morgan fingerprint density at radius 3 is 2.76 bits per heavy atom. The van der Waals surface area contributed by atoms with E-state index in [0.29, 0.717) is 6.61 Å². The van der Waals surface area contributed by atoms with Crippen molar-refractivity contribution in [1.29, 1.82) is 0 Å². The molecule has 0 fully saturated rings. The maximum absolute atomic E-state index is 5.74. The first-order valence-electron chi connectivity index (χ1n) is 5.95. The summed E-state index contributed by atoms with van der Waals surface area (Å²) >= 11 is 3.64. The minimum Gasteiger partial charge on any atom is -0.489 e. The molecule has 1 aliphatic rings. The van der Waals surface area contributed by atoms with Crippen LogP contribution >= 0.6 is 15.9 Å². The Hall–Kier alpha value is -0.800. The van der Waals surface area contributed by atoms with Crippen LogP contribution in [0.3, 0.4) is 0 Å². The van der Waals surface area contributed by atoms with Gasteiger partial charge in [0, 0.05) is 17.6 Å². The van der Waals surface area contributed by atoms with Crippen molar-refractivity contribution >= 4 is 15.9 Å². The van der Waals surface area contributed by atoms with Crippen molar-refractivity contribution in [2.45, 2.75) is 12.8 Å². The van der Waals surface area contributed by atoms with E-state index in [0.717, 1.165) is 31.7 Å². The minimum absolute atomic E-state index is 0.573. The molecule has 2 rings (SSSR count). The number of hydrogen-bond donors (Lipinski definition) is 0. The first-order chi connectivity index (χ1) is 8.22. The quantitative estimate of drug-likeness (QED) is 0.795. The van der Waals surface area contributed by atoms with Gasteiger partial charge in [-0.2, -0.15) is 0 Å². The van der Waals surface area contributed by atoms with Crippen LogP contribution in [0.2, 0.25) is 0 Å². The summed E-state index contributed by atoms with van der Waals surface area (Å²) in [4.78, 5) is 2.36. The monoisotopic (exact) mass is 295 g/mol. The van der Waals surface area contributed by atoms with E-state index in [1.807, 2.05) is 0 Å². The third kappa shape index (κ3) is 2.90. The Kier molecular flexibility index (Phi) is 4.24. The van der Waals surface area contributed by atoms with Crippen molar-refractivity contribution < 1.29 is 4.74 Å². The minimum atomic E-state index is 0.573. The highest BCUT2D eigenvalue weighted by Gasteiger charge is 2.17. The molecule has 0 atom stereocenters. The largest absolute Gasteiger partial charge is 0.489 e. The van der Waals surface area contributed by atoms with Crippen LogP contribution in [0, 0.1) is 0 Å². The summed E-state index contributed by atoms with van der Waals surface area (Å²) in [7, 11) is 2.17. The van der Waals surface area contributed by atoms with E-state index in [2.05, 4.69) is 46.6 Å². The van der Waals surface area contributed by atoms with E-state index >= 15 is 0 Å². The normalized spacial score (nSPS) is 16.1. The van der Waals surface area contributed by atoms with E-state index in [9.17, 15) is 0 Å². The van der Waals surface area contributed by atoms with E-state index < -0.39 is 0 Å². The molecule has 0 N–H and O–H groups in total. The second kappa shape index (κ2) is 5.69. The van der Waals surface area contributed by atoms with Crippen LogP contribution < -0.4 is 4.74 Å². The number of rotatable bonds is 3. The number of halogens is 1. The standard InChI is InChI=1S/C14H18BrNO/c1-3-10-17-14-5-4-13(15)11-6-8-16(2)9-7-12(11)14/h3-5H,1,6-10H2,2H3. The highest BCUT2D eigenvalue weighted by Crippen LogP contribution is 2.31. The third-order valence-electron chi connectivity index (χ3n) is 3.17. The molecule has 0 aromatic heterocycles. The van der Waals surface area contributed by atoms with Crippen LogP contribution in [0.15, 0.2) is 29.3 Å². The van der Waals surface area contributed by atoms with Gasteiger partial charge in [-0.3, -0.25) is 0 Å². The lowest BCUT2D eigenvalue weighted by Gasteiger charge is -2.14. The van der Waals surface area contributed by atoms with Gasteiger partial charge in [0.15, 0.2) is 0 Å². The molecule has 17 heavy (non-hydrogen) atoms. The maximum Gasteiger partial charge on any atom is 0.123 e. The fourth-order valence-electron chi connectivity index (χ4n) is 2.19. The molecule has 92 valence electrons. The molecule has 0 spiro atoms. The molecule has 0 bridgehead atoms. The number of fused-ring (bicyclic) bond motifs is 1. The van der Waals surface area contributed by atoms with Gasteiger partial charge in [-0.05, 0) is 43.1 Å². The summed E-state index contributed by atoms with van der Waals surface area (Å²) in [6, 6.07) is 4.14. The predicted molar refractivity (Wildman–Crippen MR) is 74.7 cm³/mol. The number of nitrogens with zero attached hydrogens (tertiary/aromatic N) is 1. The zero-order chi connectivity index (χ0) is 12.3. The second-order valence-electron chi connectivity index (χ2n) is 4.41. The van der Waals surface area contributed by atoms with E-state index in [1.165, 1.54) is 15.6 Å². The van der Waals surface area contributed by atoms with E-state index in [1.54, 1.807) is 6.08 Å². The van der Waals surface area contributed by atoms with Crippen LogP contribution in [-0.2, 0) is 12.8 Å². The first kappa shape index (κ1) is 12.7. The number of hydrogen-bond acceptors (Lipinski definition) is 2. The number of ether oxygens (including phenoxy) is 1. The van der Waals surface area contributed by atoms with E-state index in [-0.39, 0.29) is 0 Å². The summed E-state index contributed by atoms with van der Waals surface area (Å²) in [6.07, 6.45) is 3.92. The highest BCUT2D eigenvalue weighted by atomic mass is 79.9. The van der Waals surface area contributed by atoms with Crippen LogP contribution in [0.1, 0.15) is 11.1 Å². The highest BCUT2D eigenvalue weighted by molar-refractivity contribution is 9.10. The topological polar surface area (TPSA) is 12.5 Å². The van der Waals surface area contributed by atoms with Crippen molar-refractivity contribution in [3.63, 3.8) is 0 Å². The fourth-order valence-corrected chi connectivity index (χ4v) is 2.76. The Morgan fingerprint density at radius 1 is 1.35 bits per heavy atom. The second-order valence-corrected chi connectivity index (χ2v) is 5.26. The number of likely N-dealkylation sites (N-methyl/N-ethyl adjacent to an activating group) is 1. The summed E-state index contributed by atoms with van der Waals surface area (Å²) in [6.45, 7) is 6.47. The predicted octanol–water partition coefficient (Wildman–Crippen LogP) is 3.04. The average molecular weight is 296 g/mol. The van der Waals surface area contributed by atoms with Gasteiger partial charge < -0.3 is 9.64 Å². The van der Waals surface area contributed by atoms with Crippen molar-refractivity contribution in [3.8, 4) is 5.75 Å². The molecule has 1 aromatic carbocycles. The molecular formula is C14H18BrNO. The molecule has 1 aromatic rings. The van der Waals surface area contributed by atoms with Gasteiger partial charge in [-0.15, -0.1) is 0 Å². The maximum atomic E-state index is 5.74. The van der Waals surface area contributed by atoms with Gasteiger partial charge in [-0.25, -0.2) is 0 Å². The van der Waals surface area contributed by atoms with Crippen molar-refractivity contribution in [3.05, 3.63) is 40.4 Å². The lowest BCUT2D eigenvalue weighted by atomic mass is 10.0. The average Bonchev–Trinajstić information content (AvgIpc) is 2.52. The van der Waals surface area contributed by atoms with Gasteiger partial charge in [0.1, 0.15) is 12.4 Å². The van der Waals surface area contributed by atoms with Crippen LogP contribution in [0.25, 0.3) is 0 Å².